The first kappa shape index (κ1) is 25.7. The lowest BCUT2D eigenvalue weighted by atomic mass is 10.1. The number of amides is 2. The van der Waals surface area contributed by atoms with E-state index in [0.717, 1.165) is 38.4 Å². The first-order valence-electron chi connectivity index (χ1n) is 11.1. The van der Waals surface area contributed by atoms with Crippen LogP contribution in [-0.2, 0) is 24.8 Å². The van der Waals surface area contributed by atoms with Crippen LogP contribution in [0, 0.1) is 0 Å². The topological polar surface area (TPSA) is 160 Å². The van der Waals surface area contributed by atoms with Crippen molar-refractivity contribution < 1.29 is 35.9 Å². The van der Waals surface area contributed by atoms with E-state index in [2.05, 4.69) is 14.9 Å². The summed E-state index contributed by atoms with van der Waals surface area (Å²) in [6.45, 7) is 1.54. The number of carbonyl (C=O) groups is 2. The second kappa shape index (κ2) is 10.3. The van der Waals surface area contributed by atoms with Gasteiger partial charge in [-0.15, -0.1) is 0 Å². The standard InChI is InChI=1S/C22H26N4O8S2/c1-33-21-19-17(36(31,32)25-22(19)28)12-16(24-35(29,30)15-8-4-2-5-9-15)20(21)34-13-18(27)23-14-26-10-6-3-7-11-26/h2,4-5,8-9,12,24H,3,6-7,10-11,13-14H2,1H3,(H,23,27)(H,25,28). The van der Waals surface area contributed by atoms with Gasteiger partial charge in [-0.05, 0) is 44.1 Å². The molecule has 0 saturated carbocycles. The zero-order chi connectivity index (χ0) is 25.9. The molecular weight excluding hydrogens is 512 g/mol. The molecule has 0 radical (unpaired) electrons. The number of nitrogens with one attached hydrogen (secondary N) is 3. The normalized spacial score (nSPS) is 17.1. The number of piperidine rings is 1. The summed E-state index contributed by atoms with van der Waals surface area (Å²) < 4.78 is 65.9. The van der Waals surface area contributed by atoms with Crippen molar-refractivity contribution in [1.82, 2.24) is 14.9 Å². The Morgan fingerprint density at radius 1 is 1.11 bits per heavy atom. The van der Waals surface area contributed by atoms with Gasteiger partial charge >= 0.3 is 0 Å². The predicted octanol–water partition coefficient (Wildman–Crippen LogP) is 0.866. The highest BCUT2D eigenvalue weighted by molar-refractivity contribution is 7.92. The molecule has 12 nitrogen and oxygen atoms in total. The minimum Gasteiger partial charge on any atom is -0.492 e. The maximum atomic E-state index is 13.0. The summed E-state index contributed by atoms with van der Waals surface area (Å²) in [5.74, 6) is -2.06. The molecule has 1 fully saturated rings. The maximum Gasteiger partial charge on any atom is 0.270 e. The van der Waals surface area contributed by atoms with Gasteiger partial charge in [0, 0.05) is 0 Å². The van der Waals surface area contributed by atoms with Crippen LogP contribution in [0.15, 0.2) is 46.2 Å². The molecule has 0 aliphatic carbocycles. The zero-order valence-corrected chi connectivity index (χ0v) is 21.1. The van der Waals surface area contributed by atoms with Gasteiger partial charge in [0.2, 0.25) is 0 Å². The summed E-state index contributed by atoms with van der Waals surface area (Å²) in [5.41, 5.74) is -0.651. The van der Waals surface area contributed by atoms with Crippen molar-refractivity contribution in [3.05, 3.63) is 42.0 Å². The molecule has 194 valence electrons. The van der Waals surface area contributed by atoms with Crippen LogP contribution >= 0.6 is 0 Å². The summed E-state index contributed by atoms with van der Waals surface area (Å²) in [4.78, 5) is 26.4. The number of fused-ring (bicyclic) bond motifs is 1. The number of anilines is 1. The van der Waals surface area contributed by atoms with Crippen molar-refractivity contribution in [2.45, 2.75) is 29.1 Å². The van der Waals surface area contributed by atoms with Crippen molar-refractivity contribution >= 4 is 37.5 Å². The summed E-state index contributed by atoms with van der Waals surface area (Å²) >= 11 is 0. The number of methoxy groups -OCH3 is 1. The Bertz CT molecular complexity index is 1370. The molecule has 0 aromatic heterocycles. The van der Waals surface area contributed by atoms with Crippen molar-refractivity contribution in [1.29, 1.82) is 0 Å². The SMILES string of the molecule is COc1c(OCC(=O)NCN2CCCCC2)c(NS(=O)(=O)c2ccccc2)cc2c1C(=O)NS2(=O)=O. The highest BCUT2D eigenvalue weighted by Gasteiger charge is 2.39. The predicted molar refractivity (Wildman–Crippen MR) is 129 cm³/mol. The fraction of sp³-hybridized carbons (Fsp3) is 0.364. The third-order valence-electron chi connectivity index (χ3n) is 5.74. The van der Waals surface area contributed by atoms with Crippen LogP contribution in [0.2, 0.25) is 0 Å². The summed E-state index contributed by atoms with van der Waals surface area (Å²) in [6.07, 6.45) is 3.25. The summed E-state index contributed by atoms with van der Waals surface area (Å²) in [7, 11) is -7.27. The van der Waals surface area contributed by atoms with Crippen molar-refractivity contribution in [3.63, 3.8) is 0 Å². The van der Waals surface area contributed by atoms with Crippen molar-refractivity contribution in [3.8, 4) is 11.5 Å². The first-order chi connectivity index (χ1) is 17.1. The number of hydrogen-bond acceptors (Lipinski definition) is 9. The minimum absolute atomic E-state index is 0.0910. The number of carbonyl (C=O) groups excluding carboxylic acids is 2. The van der Waals surface area contributed by atoms with E-state index in [1.807, 2.05) is 4.72 Å². The van der Waals surface area contributed by atoms with E-state index in [4.69, 9.17) is 9.47 Å². The Labute approximate surface area is 209 Å². The largest absolute Gasteiger partial charge is 0.492 e. The minimum atomic E-state index is -4.25. The van der Waals surface area contributed by atoms with Gasteiger partial charge in [-0.25, -0.2) is 21.6 Å². The Kier molecular flexibility index (Phi) is 7.38. The van der Waals surface area contributed by atoms with Crippen LogP contribution in [0.4, 0.5) is 5.69 Å². The molecule has 1 saturated heterocycles. The molecule has 0 bridgehead atoms. The van der Waals surface area contributed by atoms with Crippen LogP contribution in [0.3, 0.4) is 0 Å². The molecule has 2 aliphatic rings. The lowest BCUT2D eigenvalue weighted by Gasteiger charge is -2.26. The number of benzene rings is 2. The Morgan fingerprint density at radius 2 is 1.81 bits per heavy atom. The van der Waals surface area contributed by atoms with Crippen molar-refractivity contribution in [2.75, 3.05) is 38.2 Å². The fourth-order valence-electron chi connectivity index (χ4n) is 3.99. The van der Waals surface area contributed by atoms with Gasteiger partial charge < -0.3 is 14.8 Å². The van der Waals surface area contributed by atoms with E-state index < -0.39 is 43.4 Å². The average molecular weight is 539 g/mol. The summed E-state index contributed by atoms with van der Waals surface area (Å²) in [5, 5.41) is 2.74. The van der Waals surface area contributed by atoms with E-state index >= 15 is 0 Å². The molecule has 0 atom stereocenters. The molecule has 2 aromatic carbocycles. The molecule has 2 heterocycles. The number of nitrogens with zero attached hydrogens (tertiary/aromatic N) is 1. The third-order valence-corrected chi connectivity index (χ3v) is 8.48. The monoisotopic (exact) mass is 538 g/mol. The molecule has 0 spiro atoms. The molecule has 2 amide bonds. The lowest BCUT2D eigenvalue weighted by Crippen LogP contribution is -2.41. The van der Waals surface area contributed by atoms with E-state index in [1.54, 1.807) is 6.07 Å². The fourth-order valence-corrected chi connectivity index (χ4v) is 6.25. The van der Waals surface area contributed by atoms with E-state index in [0.29, 0.717) is 6.67 Å². The van der Waals surface area contributed by atoms with Crippen LogP contribution in [0.25, 0.3) is 0 Å². The lowest BCUT2D eigenvalue weighted by molar-refractivity contribution is -0.123. The van der Waals surface area contributed by atoms with Crippen LogP contribution < -0.4 is 24.2 Å². The van der Waals surface area contributed by atoms with Gasteiger partial charge in [0.15, 0.2) is 18.1 Å². The van der Waals surface area contributed by atoms with E-state index in [-0.39, 0.29) is 27.6 Å². The van der Waals surface area contributed by atoms with Crippen molar-refractivity contribution in [2.24, 2.45) is 0 Å². The zero-order valence-electron chi connectivity index (χ0n) is 19.4. The highest BCUT2D eigenvalue weighted by atomic mass is 32.2. The maximum absolute atomic E-state index is 13.0. The second-order valence-corrected chi connectivity index (χ2v) is 11.6. The number of hydrogen-bond donors (Lipinski definition) is 3. The Morgan fingerprint density at radius 3 is 2.47 bits per heavy atom. The Hall–Kier alpha value is -3.36. The highest BCUT2D eigenvalue weighted by Crippen LogP contribution is 2.45. The number of sulfonamides is 2. The van der Waals surface area contributed by atoms with E-state index in [9.17, 15) is 26.4 Å². The number of rotatable bonds is 9. The van der Waals surface area contributed by atoms with Gasteiger partial charge in [-0.3, -0.25) is 19.2 Å². The Balaban J connectivity index is 1.65. The summed E-state index contributed by atoms with van der Waals surface area (Å²) in [6, 6.07) is 8.35. The molecule has 4 rings (SSSR count). The number of likely N-dealkylation sites (tertiary alicyclic amines) is 1. The quantitative estimate of drug-likeness (QED) is 0.421. The first-order valence-corrected chi connectivity index (χ1v) is 14.1. The average Bonchev–Trinajstić information content (AvgIpc) is 3.09. The van der Waals surface area contributed by atoms with E-state index in [1.165, 1.54) is 31.4 Å². The molecule has 14 heteroatoms. The van der Waals surface area contributed by atoms with Gasteiger partial charge in [-0.1, -0.05) is 24.6 Å². The molecule has 36 heavy (non-hydrogen) atoms. The van der Waals surface area contributed by atoms with Gasteiger partial charge in [0.05, 0.1) is 24.4 Å². The van der Waals surface area contributed by atoms with Gasteiger partial charge in [0.25, 0.3) is 31.9 Å². The molecule has 0 unspecified atom stereocenters. The van der Waals surface area contributed by atoms with Crippen LogP contribution in [0.1, 0.15) is 29.6 Å². The van der Waals surface area contributed by atoms with Crippen LogP contribution in [0.5, 0.6) is 11.5 Å². The van der Waals surface area contributed by atoms with Crippen LogP contribution in [-0.4, -0.2) is 67.0 Å². The molecule has 2 aliphatic heterocycles. The van der Waals surface area contributed by atoms with Gasteiger partial charge in [0.1, 0.15) is 10.5 Å². The molecule has 2 aromatic rings. The third kappa shape index (κ3) is 5.39. The molecular formula is C22H26N4O8S2. The molecule has 3 N–H and O–H groups in total. The smallest absolute Gasteiger partial charge is 0.270 e. The number of ether oxygens (including phenoxy) is 2. The van der Waals surface area contributed by atoms with Gasteiger partial charge in [-0.2, -0.15) is 0 Å². The second-order valence-electron chi connectivity index (χ2n) is 8.24.